The zero-order valence-electron chi connectivity index (χ0n) is 8.72. The average Bonchev–Trinajstić information content (AvgIpc) is 2.03. The van der Waals surface area contributed by atoms with E-state index >= 15 is 0 Å². The van der Waals surface area contributed by atoms with Gasteiger partial charge in [0.25, 0.3) is 0 Å². The molecule has 12 heavy (non-hydrogen) atoms. The summed E-state index contributed by atoms with van der Waals surface area (Å²) in [4.78, 5) is 0. The van der Waals surface area contributed by atoms with Gasteiger partial charge in [-0.25, -0.2) is 0 Å². The molecule has 0 aromatic carbocycles. The lowest BCUT2D eigenvalue weighted by Gasteiger charge is -2.02. The van der Waals surface area contributed by atoms with Crippen LogP contribution in [0.4, 0.5) is 0 Å². The van der Waals surface area contributed by atoms with Crippen molar-refractivity contribution in [2.75, 3.05) is 0 Å². The molecule has 0 bridgehead atoms. The third-order valence-electron chi connectivity index (χ3n) is 2.09. The Morgan fingerprint density at radius 2 is 2.00 bits per heavy atom. The van der Waals surface area contributed by atoms with Gasteiger partial charge in [0, 0.05) is 5.70 Å². The van der Waals surface area contributed by atoms with E-state index < -0.39 is 0 Å². The predicted molar refractivity (Wildman–Crippen MR) is 55.8 cm³/mol. The normalized spacial score (nSPS) is 16.3. The van der Waals surface area contributed by atoms with Crippen molar-refractivity contribution in [3.8, 4) is 0 Å². The molecule has 0 spiro atoms. The topological polar surface area (TPSA) is 26.0 Å². The number of nitrogens with two attached hydrogens (primary N) is 1. The SMILES string of the molecule is CCC(C)=C/C(N)=C\C(C)CC. The lowest BCUT2D eigenvalue weighted by molar-refractivity contribution is 0.693. The van der Waals surface area contributed by atoms with Crippen molar-refractivity contribution in [3.05, 3.63) is 23.4 Å². The fourth-order valence-corrected chi connectivity index (χ4v) is 0.881. The summed E-state index contributed by atoms with van der Waals surface area (Å²) in [7, 11) is 0. The molecule has 0 aromatic heterocycles. The van der Waals surface area contributed by atoms with Crippen molar-refractivity contribution >= 4 is 0 Å². The summed E-state index contributed by atoms with van der Waals surface area (Å²) in [5.74, 6) is 0.589. The Labute approximate surface area is 76.3 Å². The van der Waals surface area contributed by atoms with Crippen LogP contribution in [0.15, 0.2) is 23.4 Å². The van der Waals surface area contributed by atoms with Gasteiger partial charge in [-0.3, -0.25) is 0 Å². The maximum atomic E-state index is 5.81. The number of hydrogen-bond acceptors (Lipinski definition) is 1. The summed E-state index contributed by atoms with van der Waals surface area (Å²) >= 11 is 0. The molecule has 0 aliphatic rings. The lowest BCUT2D eigenvalue weighted by Crippen LogP contribution is -1.98. The lowest BCUT2D eigenvalue weighted by atomic mass is 10.1. The monoisotopic (exact) mass is 167 g/mol. The van der Waals surface area contributed by atoms with E-state index in [1.807, 2.05) is 0 Å². The minimum absolute atomic E-state index is 0.589. The number of rotatable bonds is 4. The molecule has 0 heterocycles. The first kappa shape index (κ1) is 11.3. The first-order valence-corrected chi connectivity index (χ1v) is 4.74. The second kappa shape index (κ2) is 5.87. The molecule has 0 saturated heterocycles. The minimum atomic E-state index is 0.589. The highest BCUT2D eigenvalue weighted by Crippen LogP contribution is 2.07. The van der Waals surface area contributed by atoms with Crippen molar-refractivity contribution in [2.45, 2.75) is 40.5 Å². The minimum Gasteiger partial charge on any atom is -0.399 e. The first-order valence-electron chi connectivity index (χ1n) is 4.74. The highest BCUT2D eigenvalue weighted by atomic mass is 14.6. The quantitative estimate of drug-likeness (QED) is 0.639. The molecule has 1 nitrogen and oxygen atoms in total. The Hall–Kier alpha value is -0.720. The van der Waals surface area contributed by atoms with Crippen LogP contribution in [0.3, 0.4) is 0 Å². The summed E-state index contributed by atoms with van der Waals surface area (Å²) in [6.07, 6.45) is 6.42. The van der Waals surface area contributed by atoms with Gasteiger partial charge in [-0.2, -0.15) is 0 Å². The van der Waals surface area contributed by atoms with Gasteiger partial charge < -0.3 is 5.73 Å². The van der Waals surface area contributed by atoms with E-state index in [2.05, 4.69) is 39.8 Å². The second-order valence-electron chi connectivity index (χ2n) is 3.40. The fraction of sp³-hybridized carbons (Fsp3) is 0.636. The molecule has 1 unspecified atom stereocenters. The largest absolute Gasteiger partial charge is 0.399 e. The summed E-state index contributed by atoms with van der Waals surface area (Å²) in [6, 6.07) is 0. The molecule has 0 fully saturated rings. The number of hydrogen-bond donors (Lipinski definition) is 1. The van der Waals surface area contributed by atoms with Crippen molar-refractivity contribution in [2.24, 2.45) is 11.7 Å². The van der Waals surface area contributed by atoms with E-state index in [4.69, 9.17) is 5.73 Å². The van der Waals surface area contributed by atoms with Gasteiger partial charge in [-0.05, 0) is 25.3 Å². The van der Waals surface area contributed by atoms with Crippen LogP contribution in [0.2, 0.25) is 0 Å². The van der Waals surface area contributed by atoms with Gasteiger partial charge in [0.05, 0.1) is 0 Å². The molecule has 0 rings (SSSR count). The highest BCUT2D eigenvalue weighted by molar-refractivity contribution is 5.19. The van der Waals surface area contributed by atoms with Gasteiger partial charge in [0.1, 0.15) is 0 Å². The molecule has 0 aromatic rings. The molecular weight excluding hydrogens is 146 g/mol. The van der Waals surface area contributed by atoms with Crippen LogP contribution in [0.5, 0.6) is 0 Å². The van der Waals surface area contributed by atoms with Crippen LogP contribution in [0.1, 0.15) is 40.5 Å². The standard InChI is InChI=1S/C11H21N/c1-5-9(3)7-11(12)8-10(4)6-2/h7-9H,5-6,12H2,1-4H3/b10-8?,11-7+. The Morgan fingerprint density at radius 1 is 1.42 bits per heavy atom. The highest BCUT2D eigenvalue weighted by Gasteiger charge is 1.93. The third kappa shape index (κ3) is 5.00. The molecule has 0 amide bonds. The Morgan fingerprint density at radius 3 is 2.42 bits per heavy atom. The van der Waals surface area contributed by atoms with Crippen LogP contribution in [-0.4, -0.2) is 0 Å². The summed E-state index contributed by atoms with van der Waals surface area (Å²) in [5, 5.41) is 0. The van der Waals surface area contributed by atoms with E-state index in [-0.39, 0.29) is 0 Å². The Balaban J connectivity index is 4.18. The molecule has 70 valence electrons. The average molecular weight is 167 g/mol. The van der Waals surface area contributed by atoms with E-state index in [0.29, 0.717) is 5.92 Å². The van der Waals surface area contributed by atoms with E-state index in [1.54, 1.807) is 0 Å². The smallest absolute Gasteiger partial charge is 0.0275 e. The Kier molecular flexibility index (Phi) is 5.52. The van der Waals surface area contributed by atoms with Crippen LogP contribution in [0.25, 0.3) is 0 Å². The van der Waals surface area contributed by atoms with Crippen LogP contribution < -0.4 is 5.73 Å². The third-order valence-corrected chi connectivity index (χ3v) is 2.09. The summed E-state index contributed by atoms with van der Waals surface area (Å²) < 4.78 is 0. The molecule has 0 radical (unpaired) electrons. The van der Waals surface area contributed by atoms with Crippen LogP contribution >= 0.6 is 0 Å². The molecule has 1 heteroatoms. The fourth-order valence-electron chi connectivity index (χ4n) is 0.881. The molecule has 0 saturated carbocycles. The zero-order chi connectivity index (χ0) is 9.56. The zero-order valence-corrected chi connectivity index (χ0v) is 8.72. The first-order chi connectivity index (χ1) is 5.60. The molecule has 1 atom stereocenters. The molecular formula is C11H21N. The second-order valence-corrected chi connectivity index (χ2v) is 3.40. The van der Waals surface area contributed by atoms with Crippen molar-refractivity contribution < 1.29 is 0 Å². The van der Waals surface area contributed by atoms with Gasteiger partial charge in [-0.15, -0.1) is 0 Å². The van der Waals surface area contributed by atoms with Crippen molar-refractivity contribution in [3.63, 3.8) is 0 Å². The summed E-state index contributed by atoms with van der Waals surface area (Å²) in [6.45, 7) is 8.60. The molecule has 2 N–H and O–H groups in total. The number of allylic oxidation sites excluding steroid dienone is 3. The maximum Gasteiger partial charge on any atom is 0.0275 e. The predicted octanol–water partition coefficient (Wildman–Crippen LogP) is 3.23. The van der Waals surface area contributed by atoms with E-state index in [1.165, 1.54) is 5.57 Å². The van der Waals surface area contributed by atoms with Crippen LogP contribution in [-0.2, 0) is 0 Å². The van der Waals surface area contributed by atoms with Gasteiger partial charge >= 0.3 is 0 Å². The van der Waals surface area contributed by atoms with Gasteiger partial charge in [0.2, 0.25) is 0 Å². The van der Waals surface area contributed by atoms with Gasteiger partial charge in [-0.1, -0.05) is 38.8 Å². The van der Waals surface area contributed by atoms with Crippen molar-refractivity contribution in [1.29, 1.82) is 0 Å². The maximum absolute atomic E-state index is 5.81. The summed E-state index contributed by atoms with van der Waals surface area (Å²) in [5.41, 5.74) is 8.06. The van der Waals surface area contributed by atoms with Crippen molar-refractivity contribution in [1.82, 2.24) is 0 Å². The van der Waals surface area contributed by atoms with Crippen LogP contribution in [0, 0.1) is 5.92 Å². The van der Waals surface area contributed by atoms with E-state index in [0.717, 1.165) is 18.5 Å². The molecule has 0 aliphatic carbocycles. The van der Waals surface area contributed by atoms with Gasteiger partial charge in [0.15, 0.2) is 0 Å². The molecule has 0 aliphatic heterocycles. The Bertz CT molecular complexity index is 177. The van der Waals surface area contributed by atoms with E-state index in [9.17, 15) is 0 Å².